The molecule has 0 unspecified atom stereocenters. The van der Waals surface area contributed by atoms with Gasteiger partial charge >= 0.3 is 0 Å². The summed E-state index contributed by atoms with van der Waals surface area (Å²) in [6, 6.07) is 25.1. The fourth-order valence-corrected chi connectivity index (χ4v) is 4.24. The fraction of sp³-hybridized carbons (Fsp3) is 0.231. The van der Waals surface area contributed by atoms with E-state index in [-0.39, 0.29) is 12.5 Å². The first-order valence-corrected chi connectivity index (χ1v) is 10.7. The molecule has 6 nitrogen and oxygen atoms in total. The van der Waals surface area contributed by atoms with Crippen molar-refractivity contribution in [1.82, 2.24) is 0 Å². The molecule has 3 aromatic carbocycles. The lowest BCUT2D eigenvalue weighted by molar-refractivity contribution is -0.124. The van der Waals surface area contributed by atoms with Gasteiger partial charge in [0.15, 0.2) is 11.6 Å². The van der Waals surface area contributed by atoms with Crippen molar-refractivity contribution in [3.63, 3.8) is 0 Å². The summed E-state index contributed by atoms with van der Waals surface area (Å²) in [6.07, 6.45) is 0.503. The maximum Gasteiger partial charge on any atom is 0.257 e. The number of nitrogens with one attached hydrogen (secondary N) is 1. The maximum absolute atomic E-state index is 13.4. The van der Waals surface area contributed by atoms with Crippen LogP contribution in [0.25, 0.3) is 0 Å². The Morgan fingerprint density at radius 1 is 1.00 bits per heavy atom. The fourth-order valence-electron chi connectivity index (χ4n) is 4.24. The van der Waals surface area contributed by atoms with Gasteiger partial charge in [0.1, 0.15) is 5.75 Å². The van der Waals surface area contributed by atoms with Gasteiger partial charge in [0, 0.05) is 36.3 Å². The van der Waals surface area contributed by atoms with Crippen LogP contribution < -0.4 is 10.1 Å². The van der Waals surface area contributed by atoms with E-state index in [1.165, 1.54) is 0 Å². The Bertz CT molecular complexity index is 1140. The van der Waals surface area contributed by atoms with E-state index < -0.39 is 11.6 Å². The minimum Gasteiger partial charge on any atom is -0.494 e. The molecule has 1 amide bonds. The van der Waals surface area contributed by atoms with Crippen LogP contribution in [0.1, 0.15) is 29.2 Å². The second kappa shape index (κ2) is 8.48. The molecule has 0 bridgehead atoms. The SMILES string of the molecule is O=C1Nc2ccccc2[C@H]2OC(c3ccc(OCCCO)cc3)=N[C@@]12Cc1ccccc1. The van der Waals surface area contributed by atoms with Crippen LogP contribution >= 0.6 is 0 Å². The van der Waals surface area contributed by atoms with Crippen LogP contribution in [-0.4, -0.2) is 35.7 Å². The highest BCUT2D eigenvalue weighted by Crippen LogP contribution is 2.47. The molecule has 5 rings (SSSR count). The van der Waals surface area contributed by atoms with Crippen molar-refractivity contribution in [2.75, 3.05) is 18.5 Å². The molecule has 0 saturated carbocycles. The van der Waals surface area contributed by atoms with Crippen molar-refractivity contribution in [2.45, 2.75) is 24.5 Å². The zero-order chi connectivity index (χ0) is 22.0. The summed E-state index contributed by atoms with van der Waals surface area (Å²) in [5, 5.41) is 11.9. The highest BCUT2D eigenvalue weighted by atomic mass is 16.5. The summed E-state index contributed by atoms with van der Waals surface area (Å²) in [5.74, 6) is 0.990. The third kappa shape index (κ3) is 3.63. The van der Waals surface area contributed by atoms with Gasteiger partial charge in [-0.15, -0.1) is 0 Å². The van der Waals surface area contributed by atoms with Crippen LogP contribution in [0.2, 0.25) is 0 Å². The molecule has 6 heteroatoms. The van der Waals surface area contributed by atoms with Crippen molar-refractivity contribution in [1.29, 1.82) is 0 Å². The van der Waals surface area contributed by atoms with Crippen LogP contribution in [0, 0.1) is 0 Å². The van der Waals surface area contributed by atoms with Crippen LogP contribution in [-0.2, 0) is 16.0 Å². The van der Waals surface area contributed by atoms with E-state index in [4.69, 9.17) is 19.6 Å². The zero-order valence-corrected chi connectivity index (χ0v) is 17.5. The topological polar surface area (TPSA) is 80.2 Å². The van der Waals surface area contributed by atoms with Gasteiger partial charge in [0.25, 0.3) is 5.91 Å². The molecular formula is C26H24N2O4. The average Bonchev–Trinajstić information content (AvgIpc) is 3.22. The molecule has 0 fully saturated rings. The number of hydrogen-bond donors (Lipinski definition) is 2. The molecule has 2 aliphatic heterocycles. The van der Waals surface area contributed by atoms with E-state index >= 15 is 0 Å². The van der Waals surface area contributed by atoms with Crippen LogP contribution in [0.5, 0.6) is 5.75 Å². The Balaban J connectivity index is 1.51. The third-order valence-electron chi connectivity index (χ3n) is 5.84. The van der Waals surface area contributed by atoms with E-state index in [1.54, 1.807) is 0 Å². The van der Waals surface area contributed by atoms with Crippen molar-refractivity contribution in [3.05, 3.63) is 95.6 Å². The highest BCUT2D eigenvalue weighted by Gasteiger charge is 2.56. The number of aliphatic hydroxyl groups is 1. The molecule has 0 saturated heterocycles. The largest absolute Gasteiger partial charge is 0.494 e. The number of anilines is 1. The quantitative estimate of drug-likeness (QED) is 0.560. The summed E-state index contributed by atoms with van der Waals surface area (Å²) in [7, 11) is 0. The molecule has 2 N–H and O–H groups in total. The molecule has 2 atom stereocenters. The van der Waals surface area contributed by atoms with Gasteiger partial charge in [-0.25, -0.2) is 4.99 Å². The number of aliphatic imine (C=N–C) groups is 1. The van der Waals surface area contributed by atoms with Crippen molar-refractivity contribution in [3.8, 4) is 5.75 Å². The molecule has 0 aliphatic carbocycles. The van der Waals surface area contributed by atoms with E-state index in [2.05, 4.69) is 5.32 Å². The first kappa shape index (κ1) is 20.3. The predicted molar refractivity (Wildman–Crippen MR) is 122 cm³/mol. The van der Waals surface area contributed by atoms with E-state index in [9.17, 15) is 4.79 Å². The number of carbonyl (C=O) groups is 1. The number of aliphatic hydroxyl groups excluding tert-OH is 1. The maximum atomic E-state index is 13.4. The monoisotopic (exact) mass is 428 g/mol. The van der Waals surface area contributed by atoms with E-state index in [1.807, 2.05) is 78.9 Å². The first-order valence-electron chi connectivity index (χ1n) is 10.7. The molecule has 2 aliphatic rings. The number of nitrogens with zero attached hydrogens (tertiary/aromatic N) is 1. The number of benzene rings is 3. The van der Waals surface area contributed by atoms with Crippen molar-refractivity contribution >= 4 is 17.5 Å². The van der Waals surface area contributed by atoms with Crippen molar-refractivity contribution in [2.24, 2.45) is 4.99 Å². The Labute approximate surface area is 186 Å². The molecular weight excluding hydrogens is 404 g/mol. The summed E-state index contributed by atoms with van der Waals surface area (Å²) in [4.78, 5) is 18.3. The molecule has 0 spiro atoms. The summed E-state index contributed by atoms with van der Waals surface area (Å²) < 4.78 is 12.0. The Morgan fingerprint density at radius 2 is 1.75 bits per heavy atom. The lowest BCUT2D eigenvalue weighted by atomic mass is 9.79. The Morgan fingerprint density at radius 3 is 2.53 bits per heavy atom. The van der Waals surface area contributed by atoms with Crippen molar-refractivity contribution < 1.29 is 19.4 Å². The minimum atomic E-state index is -1.08. The lowest BCUT2D eigenvalue weighted by Gasteiger charge is -2.35. The number of hydrogen-bond acceptors (Lipinski definition) is 5. The number of amides is 1. The molecule has 32 heavy (non-hydrogen) atoms. The first-order chi connectivity index (χ1) is 15.7. The molecule has 3 aromatic rings. The second-order valence-electron chi connectivity index (χ2n) is 7.99. The standard InChI is InChI=1S/C26H24N2O4/c29-15-6-16-31-20-13-11-19(12-14-20)24-28-26(17-18-7-2-1-3-8-18)23(32-24)21-9-4-5-10-22(21)27-25(26)30/h1-5,7-14,23,29H,6,15-17H2,(H,27,30)/t23-,26-/m1/s1. The number of rotatable bonds is 7. The van der Waals surface area contributed by atoms with Gasteiger partial charge in [-0.3, -0.25) is 4.79 Å². The predicted octanol–water partition coefficient (Wildman–Crippen LogP) is 3.90. The number of para-hydroxylation sites is 1. The molecule has 2 heterocycles. The summed E-state index contributed by atoms with van der Waals surface area (Å²) in [5.41, 5.74) is 2.40. The molecule has 0 radical (unpaired) electrons. The Hall–Kier alpha value is -3.64. The molecule has 0 aromatic heterocycles. The van der Waals surface area contributed by atoms with Gasteiger partial charge in [-0.1, -0.05) is 48.5 Å². The molecule has 162 valence electrons. The zero-order valence-electron chi connectivity index (χ0n) is 17.5. The van der Waals surface area contributed by atoms with E-state index in [0.717, 1.165) is 22.4 Å². The van der Waals surface area contributed by atoms with Gasteiger partial charge in [-0.2, -0.15) is 0 Å². The third-order valence-corrected chi connectivity index (χ3v) is 5.84. The highest BCUT2D eigenvalue weighted by molar-refractivity contribution is 6.07. The van der Waals surface area contributed by atoms with Gasteiger partial charge in [0.2, 0.25) is 5.90 Å². The van der Waals surface area contributed by atoms with Crippen LogP contribution in [0.15, 0.2) is 83.9 Å². The number of carbonyl (C=O) groups excluding carboxylic acids is 1. The Kier molecular flexibility index (Phi) is 5.37. The van der Waals surface area contributed by atoms with Crippen LogP contribution in [0.3, 0.4) is 0 Å². The van der Waals surface area contributed by atoms with Crippen LogP contribution in [0.4, 0.5) is 5.69 Å². The summed E-state index contributed by atoms with van der Waals surface area (Å²) >= 11 is 0. The lowest BCUT2D eigenvalue weighted by Crippen LogP contribution is -2.49. The normalized spacial score (nSPS) is 21.1. The van der Waals surface area contributed by atoms with Gasteiger partial charge in [-0.05, 0) is 35.9 Å². The van der Waals surface area contributed by atoms with Gasteiger partial charge < -0.3 is 19.9 Å². The van der Waals surface area contributed by atoms with E-state index in [0.29, 0.717) is 31.1 Å². The average molecular weight is 428 g/mol. The summed E-state index contributed by atoms with van der Waals surface area (Å²) in [6.45, 7) is 0.545. The minimum absolute atomic E-state index is 0.0944. The second-order valence-corrected chi connectivity index (χ2v) is 7.99. The number of ether oxygens (including phenoxy) is 2. The van der Waals surface area contributed by atoms with Gasteiger partial charge in [0.05, 0.1) is 6.61 Å². The smallest absolute Gasteiger partial charge is 0.257 e. The number of fused-ring (bicyclic) bond motifs is 3.